The van der Waals surface area contributed by atoms with Gasteiger partial charge in [0.1, 0.15) is 0 Å². The summed E-state index contributed by atoms with van der Waals surface area (Å²) in [5.74, 6) is 2.64. The summed E-state index contributed by atoms with van der Waals surface area (Å²) in [5.41, 5.74) is 6.81. The molecule has 0 radical (unpaired) electrons. The van der Waals surface area contributed by atoms with E-state index in [9.17, 15) is 0 Å². The summed E-state index contributed by atoms with van der Waals surface area (Å²) in [6.45, 7) is 6.63. The Morgan fingerprint density at radius 1 is 1.56 bits per heavy atom. The van der Waals surface area contributed by atoms with Crippen LogP contribution in [0, 0.1) is 12.3 Å². The van der Waals surface area contributed by atoms with Crippen molar-refractivity contribution in [3.05, 3.63) is 18.0 Å². The number of terminal acetylenes is 1. The quantitative estimate of drug-likeness (QED) is 0.730. The first-order valence-electron chi connectivity index (χ1n) is 5.54. The van der Waals surface area contributed by atoms with Crippen LogP contribution in [0.5, 0.6) is 0 Å². The van der Waals surface area contributed by atoms with Crippen molar-refractivity contribution >= 4 is 0 Å². The van der Waals surface area contributed by atoms with Crippen LogP contribution in [0.15, 0.2) is 12.4 Å². The molecule has 3 N–H and O–H groups in total. The number of hydrogen-bond donors (Lipinski definition) is 2. The average Bonchev–Trinajstić information content (AvgIpc) is 2.74. The van der Waals surface area contributed by atoms with Crippen molar-refractivity contribution in [1.29, 1.82) is 0 Å². The largest absolute Gasteiger partial charge is 0.329 e. The van der Waals surface area contributed by atoms with E-state index in [1.165, 1.54) is 0 Å². The van der Waals surface area contributed by atoms with Crippen LogP contribution in [0.25, 0.3) is 0 Å². The second kappa shape index (κ2) is 5.69. The molecule has 1 aromatic heterocycles. The van der Waals surface area contributed by atoms with Crippen LogP contribution in [-0.2, 0) is 0 Å². The Bertz CT molecular complexity index is 361. The molecule has 0 spiro atoms. The third kappa shape index (κ3) is 3.09. The highest BCUT2D eigenvalue weighted by molar-refractivity contribution is 5.13. The van der Waals surface area contributed by atoms with E-state index in [4.69, 9.17) is 12.2 Å². The van der Waals surface area contributed by atoms with Gasteiger partial charge < -0.3 is 5.73 Å². The second-order valence-electron chi connectivity index (χ2n) is 4.19. The van der Waals surface area contributed by atoms with E-state index < -0.39 is 0 Å². The highest BCUT2D eigenvalue weighted by atomic mass is 15.3. The van der Waals surface area contributed by atoms with Crippen LogP contribution < -0.4 is 11.1 Å². The minimum atomic E-state index is 0.0101. The summed E-state index contributed by atoms with van der Waals surface area (Å²) in [7, 11) is 0. The first-order chi connectivity index (χ1) is 7.58. The molecule has 0 saturated heterocycles. The van der Waals surface area contributed by atoms with Crippen molar-refractivity contribution in [3.8, 4) is 12.3 Å². The summed E-state index contributed by atoms with van der Waals surface area (Å²) < 4.78 is 1.92. The lowest BCUT2D eigenvalue weighted by Gasteiger charge is -2.17. The van der Waals surface area contributed by atoms with Crippen LogP contribution >= 0.6 is 0 Å². The van der Waals surface area contributed by atoms with Gasteiger partial charge in [0.05, 0.1) is 12.2 Å². The summed E-state index contributed by atoms with van der Waals surface area (Å²) in [4.78, 5) is 0. The van der Waals surface area contributed by atoms with Crippen molar-refractivity contribution < 1.29 is 0 Å². The molecule has 0 aliphatic heterocycles. The third-order valence-electron chi connectivity index (χ3n) is 2.49. The lowest BCUT2D eigenvalue weighted by atomic mass is 10.1. The minimum absolute atomic E-state index is 0.0101. The Morgan fingerprint density at radius 2 is 2.25 bits per heavy atom. The number of nitrogens with one attached hydrogen (secondary N) is 1. The first kappa shape index (κ1) is 12.8. The highest BCUT2D eigenvalue weighted by Gasteiger charge is 2.14. The van der Waals surface area contributed by atoms with Gasteiger partial charge in [-0.2, -0.15) is 5.10 Å². The van der Waals surface area contributed by atoms with Gasteiger partial charge in [0.25, 0.3) is 0 Å². The van der Waals surface area contributed by atoms with Crippen LogP contribution in [0.4, 0.5) is 0 Å². The Kier molecular flexibility index (Phi) is 4.53. The molecule has 2 unspecified atom stereocenters. The third-order valence-corrected chi connectivity index (χ3v) is 2.49. The fourth-order valence-corrected chi connectivity index (χ4v) is 1.47. The molecule has 0 bridgehead atoms. The van der Waals surface area contributed by atoms with Gasteiger partial charge in [-0.15, -0.1) is 6.42 Å². The molecule has 16 heavy (non-hydrogen) atoms. The van der Waals surface area contributed by atoms with Crippen molar-refractivity contribution in [3.63, 3.8) is 0 Å². The van der Waals surface area contributed by atoms with Crippen LogP contribution in [0.1, 0.15) is 38.4 Å². The fourth-order valence-electron chi connectivity index (χ4n) is 1.47. The fraction of sp³-hybridized carbons (Fsp3) is 0.583. The zero-order chi connectivity index (χ0) is 12.1. The molecule has 0 fully saturated rings. The Morgan fingerprint density at radius 3 is 2.69 bits per heavy atom. The topological polar surface area (TPSA) is 55.9 Å². The molecule has 1 heterocycles. The van der Waals surface area contributed by atoms with Gasteiger partial charge in [0.15, 0.2) is 0 Å². The molecule has 0 saturated carbocycles. The minimum Gasteiger partial charge on any atom is -0.329 e. The Hall–Kier alpha value is -1.31. The normalized spacial score (nSPS) is 14.8. The van der Waals surface area contributed by atoms with Gasteiger partial charge in [-0.3, -0.25) is 10.00 Å². The SMILES string of the molecule is C#CC(C)NC(CN)c1cnn(C(C)C)c1. The zero-order valence-electron chi connectivity index (χ0n) is 10.1. The van der Waals surface area contributed by atoms with Crippen LogP contribution in [-0.4, -0.2) is 22.4 Å². The van der Waals surface area contributed by atoms with E-state index >= 15 is 0 Å². The molecular formula is C12H20N4. The zero-order valence-corrected chi connectivity index (χ0v) is 10.1. The maximum absolute atomic E-state index is 5.73. The molecule has 0 aromatic carbocycles. The Labute approximate surface area is 97.2 Å². The van der Waals surface area contributed by atoms with Gasteiger partial charge in [-0.1, -0.05) is 5.92 Å². The van der Waals surface area contributed by atoms with Crippen molar-refractivity contribution in [2.45, 2.75) is 38.9 Å². The van der Waals surface area contributed by atoms with Crippen molar-refractivity contribution in [2.75, 3.05) is 6.54 Å². The molecule has 0 aliphatic carbocycles. The number of hydrogen-bond acceptors (Lipinski definition) is 3. The molecule has 1 aromatic rings. The van der Waals surface area contributed by atoms with E-state index in [0.717, 1.165) is 5.56 Å². The molecule has 2 atom stereocenters. The molecule has 4 heteroatoms. The first-order valence-corrected chi connectivity index (χ1v) is 5.54. The van der Waals surface area contributed by atoms with Gasteiger partial charge in [0.2, 0.25) is 0 Å². The van der Waals surface area contributed by atoms with Crippen molar-refractivity contribution in [1.82, 2.24) is 15.1 Å². The molecular weight excluding hydrogens is 200 g/mol. The number of aromatic nitrogens is 2. The van der Waals surface area contributed by atoms with E-state index in [1.807, 2.05) is 24.0 Å². The predicted molar refractivity (Wildman–Crippen MR) is 65.8 cm³/mol. The Balaban J connectivity index is 2.75. The smallest absolute Gasteiger partial charge is 0.0663 e. The molecule has 4 nitrogen and oxygen atoms in total. The highest BCUT2D eigenvalue weighted by Crippen LogP contribution is 2.13. The average molecular weight is 220 g/mol. The van der Waals surface area contributed by atoms with E-state index in [-0.39, 0.29) is 12.1 Å². The van der Waals surface area contributed by atoms with Crippen LogP contribution in [0.3, 0.4) is 0 Å². The van der Waals surface area contributed by atoms with E-state index in [0.29, 0.717) is 12.6 Å². The van der Waals surface area contributed by atoms with E-state index in [2.05, 4.69) is 30.2 Å². The van der Waals surface area contributed by atoms with Crippen LogP contribution in [0.2, 0.25) is 0 Å². The van der Waals surface area contributed by atoms with Crippen molar-refractivity contribution in [2.24, 2.45) is 5.73 Å². The predicted octanol–water partition coefficient (Wildman–Crippen LogP) is 1.08. The second-order valence-corrected chi connectivity index (χ2v) is 4.19. The lowest BCUT2D eigenvalue weighted by Crippen LogP contribution is -2.33. The molecule has 88 valence electrons. The molecule has 1 rings (SSSR count). The maximum Gasteiger partial charge on any atom is 0.0663 e. The van der Waals surface area contributed by atoms with Gasteiger partial charge in [-0.05, 0) is 20.8 Å². The number of nitrogens with zero attached hydrogens (tertiary/aromatic N) is 2. The molecule has 0 aliphatic rings. The number of nitrogens with two attached hydrogens (primary N) is 1. The van der Waals surface area contributed by atoms with Gasteiger partial charge in [0, 0.05) is 30.4 Å². The van der Waals surface area contributed by atoms with Gasteiger partial charge in [-0.25, -0.2) is 0 Å². The standard InChI is InChI=1S/C12H20N4/c1-5-10(4)15-12(6-13)11-7-14-16(8-11)9(2)3/h1,7-10,12,15H,6,13H2,2-4H3. The van der Waals surface area contributed by atoms with E-state index in [1.54, 1.807) is 0 Å². The number of rotatable bonds is 5. The van der Waals surface area contributed by atoms with Gasteiger partial charge >= 0.3 is 0 Å². The monoisotopic (exact) mass is 220 g/mol. The molecule has 0 amide bonds. The summed E-state index contributed by atoms with van der Waals surface area (Å²) in [5, 5.41) is 7.56. The lowest BCUT2D eigenvalue weighted by molar-refractivity contribution is 0.511. The maximum atomic E-state index is 5.73. The summed E-state index contributed by atoms with van der Waals surface area (Å²) >= 11 is 0. The summed E-state index contributed by atoms with van der Waals surface area (Å²) in [6.07, 6.45) is 9.19. The summed E-state index contributed by atoms with van der Waals surface area (Å²) in [6, 6.07) is 0.437.